The van der Waals surface area contributed by atoms with Gasteiger partial charge in [0.2, 0.25) is 0 Å². The Morgan fingerprint density at radius 2 is 2.12 bits per heavy atom. The van der Waals surface area contributed by atoms with Crippen molar-refractivity contribution in [3.05, 3.63) is 34.9 Å². The molecule has 1 aliphatic heterocycles. The monoisotopic (exact) mass is 251 g/mol. The van der Waals surface area contributed by atoms with E-state index in [1.54, 1.807) is 12.1 Å². The van der Waals surface area contributed by atoms with Crippen LogP contribution in [0, 0.1) is 5.92 Å². The molecule has 0 aromatic heterocycles. The number of carbonyl (C=O) groups excluding carboxylic acids is 1. The zero-order valence-corrected chi connectivity index (χ0v) is 10.9. The lowest BCUT2D eigenvalue weighted by atomic mass is 9.99. The topological polar surface area (TPSA) is 20.3 Å². The van der Waals surface area contributed by atoms with E-state index in [4.69, 9.17) is 11.6 Å². The molecule has 0 spiro atoms. The van der Waals surface area contributed by atoms with Crippen LogP contribution in [0.3, 0.4) is 0 Å². The van der Waals surface area contributed by atoms with Gasteiger partial charge in [-0.25, -0.2) is 0 Å². The van der Waals surface area contributed by atoms with Crippen molar-refractivity contribution in [3.8, 4) is 0 Å². The van der Waals surface area contributed by atoms with E-state index in [0.29, 0.717) is 11.6 Å². The molecule has 2 nitrogen and oxygen atoms in total. The lowest BCUT2D eigenvalue weighted by Crippen LogP contribution is -2.36. The smallest absolute Gasteiger partial charge is 0.176 e. The van der Waals surface area contributed by atoms with Gasteiger partial charge in [-0.1, -0.05) is 30.7 Å². The molecule has 0 N–H and O–H groups in total. The fraction of sp³-hybridized carbons (Fsp3) is 0.500. The molecule has 1 aromatic carbocycles. The number of piperidine rings is 1. The molecule has 0 bridgehead atoms. The Bertz CT molecular complexity index is 397. The first-order chi connectivity index (χ1) is 8.15. The van der Waals surface area contributed by atoms with Crippen molar-refractivity contribution in [3.63, 3.8) is 0 Å². The van der Waals surface area contributed by atoms with Gasteiger partial charge < -0.3 is 0 Å². The number of rotatable bonds is 3. The van der Waals surface area contributed by atoms with Gasteiger partial charge in [0.1, 0.15) is 0 Å². The summed E-state index contributed by atoms with van der Waals surface area (Å²) in [5.74, 6) is 0.967. The van der Waals surface area contributed by atoms with Crippen LogP contribution in [0.5, 0.6) is 0 Å². The van der Waals surface area contributed by atoms with Crippen LogP contribution in [0.25, 0.3) is 0 Å². The quantitative estimate of drug-likeness (QED) is 0.769. The van der Waals surface area contributed by atoms with E-state index in [1.165, 1.54) is 12.8 Å². The Morgan fingerprint density at radius 1 is 1.41 bits per heavy atom. The predicted molar refractivity (Wildman–Crippen MR) is 70.6 cm³/mol. The van der Waals surface area contributed by atoms with Crippen LogP contribution in [0.2, 0.25) is 5.02 Å². The minimum absolute atomic E-state index is 0.169. The van der Waals surface area contributed by atoms with Gasteiger partial charge in [0, 0.05) is 10.6 Å². The highest BCUT2D eigenvalue weighted by atomic mass is 35.5. The Labute approximate surface area is 108 Å². The van der Waals surface area contributed by atoms with Crippen molar-refractivity contribution in [2.75, 3.05) is 19.6 Å². The molecular weight excluding hydrogens is 234 g/mol. The molecule has 92 valence electrons. The van der Waals surface area contributed by atoms with Crippen LogP contribution in [-0.2, 0) is 0 Å². The molecule has 1 aromatic rings. The molecule has 1 fully saturated rings. The van der Waals surface area contributed by atoms with Crippen LogP contribution in [0.4, 0.5) is 0 Å². The summed E-state index contributed by atoms with van der Waals surface area (Å²) in [4.78, 5) is 14.3. The number of Topliss-reactive ketones (excluding diaryl/α,β-unsaturated/α-hetero) is 1. The van der Waals surface area contributed by atoms with Crippen molar-refractivity contribution >= 4 is 17.4 Å². The third kappa shape index (κ3) is 3.55. The van der Waals surface area contributed by atoms with Crippen LogP contribution in [0.1, 0.15) is 30.1 Å². The number of carbonyl (C=O) groups is 1. The Morgan fingerprint density at radius 3 is 2.76 bits per heavy atom. The second-order valence-electron chi connectivity index (χ2n) is 4.89. The number of nitrogens with zero attached hydrogens (tertiary/aromatic N) is 1. The lowest BCUT2D eigenvalue weighted by molar-refractivity contribution is 0.0900. The summed E-state index contributed by atoms with van der Waals surface area (Å²) < 4.78 is 0. The van der Waals surface area contributed by atoms with Gasteiger partial charge >= 0.3 is 0 Å². The fourth-order valence-corrected chi connectivity index (χ4v) is 2.37. The number of hydrogen-bond acceptors (Lipinski definition) is 2. The molecule has 1 aliphatic rings. The standard InChI is InChI=1S/C14H18ClNO/c1-11-5-7-16(8-6-11)10-14(17)12-3-2-4-13(15)9-12/h2-4,9,11H,5-8,10H2,1H3. The summed E-state index contributed by atoms with van der Waals surface area (Å²) in [6.07, 6.45) is 2.39. The van der Waals surface area contributed by atoms with Crippen molar-refractivity contribution < 1.29 is 4.79 Å². The predicted octanol–water partition coefficient (Wildman–Crippen LogP) is 3.25. The first-order valence-corrected chi connectivity index (χ1v) is 6.54. The van der Waals surface area contributed by atoms with Gasteiger partial charge in [-0.3, -0.25) is 9.69 Å². The number of benzene rings is 1. The average molecular weight is 252 g/mol. The maximum absolute atomic E-state index is 12.0. The maximum atomic E-state index is 12.0. The lowest BCUT2D eigenvalue weighted by Gasteiger charge is -2.29. The zero-order chi connectivity index (χ0) is 12.3. The van der Waals surface area contributed by atoms with Crippen LogP contribution in [0.15, 0.2) is 24.3 Å². The molecule has 0 aliphatic carbocycles. The summed E-state index contributed by atoms with van der Waals surface area (Å²) in [7, 11) is 0. The van der Waals surface area contributed by atoms with Crippen molar-refractivity contribution in [1.29, 1.82) is 0 Å². The number of halogens is 1. The van der Waals surface area contributed by atoms with Crippen molar-refractivity contribution in [1.82, 2.24) is 4.90 Å². The van der Waals surface area contributed by atoms with Gasteiger partial charge in [0.05, 0.1) is 6.54 Å². The summed E-state index contributed by atoms with van der Waals surface area (Å²) in [6, 6.07) is 7.20. The van der Waals surface area contributed by atoms with E-state index in [-0.39, 0.29) is 5.78 Å². The molecule has 0 atom stereocenters. The molecule has 1 heterocycles. The second-order valence-corrected chi connectivity index (χ2v) is 5.33. The van der Waals surface area contributed by atoms with Crippen molar-refractivity contribution in [2.45, 2.75) is 19.8 Å². The van der Waals surface area contributed by atoms with E-state index in [9.17, 15) is 4.79 Å². The van der Waals surface area contributed by atoms with E-state index < -0.39 is 0 Å². The SMILES string of the molecule is CC1CCN(CC(=O)c2cccc(Cl)c2)CC1. The highest BCUT2D eigenvalue weighted by Gasteiger charge is 2.18. The molecule has 0 unspecified atom stereocenters. The van der Waals surface area contributed by atoms with Crippen molar-refractivity contribution in [2.24, 2.45) is 5.92 Å². The largest absolute Gasteiger partial charge is 0.296 e. The summed E-state index contributed by atoms with van der Waals surface area (Å²) in [5, 5.41) is 0.628. The molecule has 0 saturated carbocycles. The van der Waals surface area contributed by atoms with Crippen LogP contribution < -0.4 is 0 Å². The second kappa shape index (κ2) is 5.65. The van der Waals surface area contributed by atoms with Crippen LogP contribution >= 0.6 is 11.6 Å². The molecule has 0 radical (unpaired) electrons. The summed E-state index contributed by atoms with van der Waals surface area (Å²) >= 11 is 5.88. The van der Waals surface area contributed by atoms with Gasteiger partial charge in [-0.15, -0.1) is 0 Å². The van der Waals surface area contributed by atoms with Gasteiger partial charge in [-0.05, 0) is 44.0 Å². The number of ketones is 1. The molecule has 1 saturated heterocycles. The van der Waals surface area contributed by atoms with Gasteiger partial charge in [-0.2, -0.15) is 0 Å². The molecule has 0 amide bonds. The minimum atomic E-state index is 0.169. The molecule has 17 heavy (non-hydrogen) atoms. The highest BCUT2D eigenvalue weighted by Crippen LogP contribution is 2.17. The Hall–Kier alpha value is -0.860. The van der Waals surface area contributed by atoms with Gasteiger partial charge in [0.15, 0.2) is 5.78 Å². The first-order valence-electron chi connectivity index (χ1n) is 6.16. The zero-order valence-electron chi connectivity index (χ0n) is 10.2. The summed E-state index contributed by atoms with van der Waals surface area (Å²) in [5.41, 5.74) is 0.719. The van der Waals surface area contributed by atoms with Gasteiger partial charge in [0.25, 0.3) is 0 Å². The third-order valence-corrected chi connectivity index (χ3v) is 3.63. The maximum Gasteiger partial charge on any atom is 0.176 e. The Kier molecular flexibility index (Phi) is 4.19. The fourth-order valence-electron chi connectivity index (χ4n) is 2.18. The number of hydrogen-bond donors (Lipinski definition) is 0. The Balaban J connectivity index is 1.93. The van der Waals surface area contributed by atoms with E-state index in [1.807, 2.05) is 12.1 Å². The van der Waals surface area contributed by atoms with E-state index >= 15 is 0 Å². The average Bonchev–Trinajstić information content (AvgIpc) is 2.32. The molecule has 3 heteroatoms. The number of likely N-dealkylation sites (tertiary alicyclic amines) is 1. The minimum Gasteiger partial charge on any atom is -0.296 e. The molecule has 2 rings (SSSR count). The third-order valence-electron chi connectivity index (χ3n) is 3.39. The van der Waals surface area contributed by atoms with Crippen LogP contribution in [-0.4, -0.2) is 30.3 Å². The highest BCUT2D eigenvalue weighted by molar-refractivity contribution is 6.31. The summed E-state index contributed by atoms with van der Waals surface area (Å²) in [6.45, 7) is 4.87. The first kappa shape index (κ1) is 12.6. The molecular formula is C14H18ClNO. The van der Waals surface area contributed by atoms with E-state index in [2.05, 4.69) is 11.8 Å². The van der Waals surface area contributed by atoms with E-state index in [0.717, 1.165) is 24.6 Å². The normalized spacial score (nSPS) is 18.2.